The van der Waals surface area contributed by atoms with E-state index in [-0.39, 0.29) is 5.78 Å². The first-order valence-electron chi connectivity index (χ1n) is 6.61. The highest BCUT2D eigenvalue weighted by atomic mass is 16.1. The fourth-order valence-electron chi connectivity index (χ4n) is 1.69. The van der Waals surface area contributed by atoms with Crippen LogP contribution >= 0.6 is 0 Å². The van der Waals surface area contributed by atoms with Crippen LogP contribution in [0.4, 0.5) is 17.1 Å². The van der Waals surface area contributed by atoms with Gasteiger partial charge in [0.05, 0.1) is 11.4 Å². The summed E-state index contributed by atoms with van der Waals surface area (Å²) in [5, 5.41) is 8.24. The molecule has 0 saturated carbocycles. The third-order valence-corrected chi connectivity index (χ3v) is 2.75. The average Bonchev–Trinajstić information content (AvgIpc) is 2.46. The van der Waals surface area contributed by atoms with E-state index in [1.165, 1.54) is 0 Å². The molecule has 2 rings (SSSR count). The van der Waals surface area contributed by atoms with Gasteiger partial charge in [0.1, 0.15) is 0 Å². The first-order chi connectivity index (χ1) is 10.0. The number of hydrogen-bond acceptors (Lipinski definition) is 4. The topological polar surface area (TPSA) is 67.8 Å². The van der Waals surface area contributed by atoms with Gasteiger partial charge in [0.15, 0.2) is 5.78 Å². The molecular formula is C17H17N3O. The molecule has 0 aromatic heterocycles. The van der Waals surface area contributed by atoms with Crippen LogP contribution < -0.4 is 5.73 Å². The summed E-state index contributed by atoms with van der Waals surface area (Å²) < 4.78 is 0. The Kier molecular flexibility index (Phi) is 4.61. The highest BCUT2D eigenvalue weighted by Gasteiger charge is 2.01. The summed E-state index contributed by atoms with van der Waals surface area (Å²) in [4.78, 5) is 11.8. The number of hydrogen-bond donors (Lipinski definition) is 1. The van der Waals surface area contributed by atoms with Gasteiger partial charge in [-0.05, 0) is 68.5 Å². The second-order valence-electron chi connectivity index (χ2n) is 4.92. The van der Waals surface area contributed by atoms with E-state index < -0.39 is 0 Å². The Labute approximate surface area is 124 Å². The number of ketones is 1. The van der Waals surface area contributed by atoms with Gasteiger partial charge in [0.25, 0.3) is 0 Å². The maximum Gasteiger partial charge on any atom is 0.185 e. The number of nitrogens with zero attached hydrogens (tertiary/aromatic N) is 2. The standard InChI is InChI=1S/C17H17N3O/c1-12(2)11-17(21)13-3-7-15(8-4-13)19-20-16-9-5-14(18)6-10-16/h3-11H,18H2,1-2H3/b20-19+. The molecule has 21 heavy (non-hydrogen) atoms. The molecule has 0 saturated heterocycles. The Bertz CT molecular complexity index is 679. The Balaban J connectivity index is 2.10. The van der Waals surface area contributed by atoms with Crippen molar-refractivity contribution in [2.24, 2.45) is 10.2 Å². The van der Waals surface area contributed by atoms with E-state index in [4.69, 9.17) is 5.73 Å². The van der Waals surface area contributed by atoms with E-state index in [0.29, 0.717) is 16.9 Å². The van der Waals surface area contributed by atoms with Crippen molar-refractivity contribution in [3.63, 3.8) is 0 Å². The quantitative estimate of drug-likeness (QED) is 0.377. The van der Waals surface area contributed by atoms with Crippen molar-refractivity contribution in [3.8, 4) is 0 Å². The van der Waals surface area contributed by atoms with Gasteiger partial charge in [0, 0.05) is 11.3 Å². The zero-order valence-electron chi connectivity index (χ0n) is 12.1. The van der Waals surface area contributed by atoms with Crippen molar-refractivity contribution < 1.29 is 4.79 Å². The summed E-state index contributed by atoms with van der Waals surface area (Å²) in [6, 6.07) is 14.2. The van der Waals surface area contributed by atoms with Crippen LogP contribution in [0.3, 0.4) is 0 Å². The van der Waals surface area contributed by atoms with Crippen LogP contribution in [-0.4, -0.2) is 5.78 Å². The molecule has 0 aliphatic rings. The van der Waals surface area contributed by atoms with Crippen molar-refractivity contribution in [3.05, 3.63) is 65.7 Å². The molecule has 0 bridgehead atoms. The molecule has 0 atom stereocenters. The molecule has 4 heteroatoms. The molecule has 0 amide bonds. The third-order valence-electron chi connectivity index (χ3n) is 2.75. The molecule has 4 nitrogen and oxygen atoms in total. The maximum atomic E-state index is 11.8. The molecule has 0 unspecified atom stereocenters. The van der Waals surface area contributed by atoms with E-state index >= 15 is 0 Å². The minimum absolute atomic E-state index is 0.00276. The summed E-state index contributed by atoms with van der Waals surface area (Å²) >= 11 is 0. The molecule has 0 fully saturated rings. The Morgan fingerprint density at radius 3 is 1.86 bits per heavy atom. The number of anilines is 1. The van der Waals surface area contributed by atoms with Crippen LogP contribution in [0, 0.1) is 0 Å². The molecule has 0 spiro atoms. The first-order valence-corrected chi connectivity index (χ1v) is 6.61. The largest absolute Gasteiger partial charge is 0.399 e. The number of carbonyl (C=O) groups is 1. The number of nitrogen functional groups attached to an aromatic ring is 1. The Hall–Kier alpha value is -2.75. The molecule has 0 aliphatic carbocycles. The monoisotopic (exact) mass is 279 g/mol. The van der Waals surface area contributed by atoms with Crippen molar-refractivity contribution in [2.75, 3.05) is 5.73 Å². The Morgan fingerprint density at radius 2 is 1.38 bits per heavy atom. The van der Waals surface area contributed by atoms with Crippen LogP contribution in [0.5, 0.6) is 0 Å². The maximum absolute atomic E-state index is 11.8. The van der Waals surface area contributed by atoms with Gasteiger partial charge >= 0.3 is 0 Å². The zero-order valence-corrected chi connectivity index (χ0v) is 12.1. The van der Waals surface area contributed by atoms with Gasteiger partial charge in [-0.1, -0.05) is 5.57 Å². The first kappa shape index (κ1) is 14.7. The van der Waals surface area contributed by atoms with Gasteiger partial charge in [0.2, 0.25) is 0 Å². The average molecular weight is 279 g/mol. The van der Waals surface area contributed by atoms with Gasteiger partial charge in [-0.25, -0.2) is 0 Å². The molecule has 0 aliphatic heterocycles. The van der Waals surface area contributed by atoms with E-state index in [2.05, 4.69) is 10.2 Å². The van der Waals surface area contributed by atoms with Crippen molar-refractivity contribution >= 4 is 22.8 Å². The minimum atomic E-state index is -0.00276. The van der Waals surface area contributed by atoms with Crippen molar-refractivity contribution in [1.29, 1.82) is 0 Å². The van der Waals surface area contributed by atoms with Crippen LogP contribution in [0.15, 0.2) is 70.4 Å². The van der Waals surface area contributed by atoms with Crippen molar-refractivity contribution in [1.82, 2.24) is 0 Å². The van der Waals surface area contributed by atoms with Gasteiger partial charge in [-0.3, -0.25) is 4.79 Å². The lowest BCUT2D eigenvalue weighted by atomic mass is 10.1. The fourth-order valence-corrected chi connectivity index (χ4v) is 1.69. The lowest BCUT2D eigenvalue weighted by molar-refractivity contribution is 0.104. The van der Waals surface area contributed by atoms with Gasteiger partial charge in [-0.2, -0.15) is 10.2 Å². The molecular weight excluding hydrogens is 262 g/mol. The summed E-state index contributed by atoms with van der Waals surface area (Å²) in [5.41, 5.74) is 9.34. The van der Waals surface area contributed by atoms with Crippen LogP contribution in [0.1, 0.15) is 24.2 Å². The summed E-state index contributed by atoms with van der Waals surface area (Å²) in [6.45, 7) is 3.79. The molecule has 2 N–H and O–H groups in total. The predicted molar refractivity (Wildman–Crippen MR) is 85.2 cm³/mol. The summed E-state index contributed by atoms with van der Waals surface area (Å²) in [5.74, 6) is -0.00276. The second-order valence-corrected chi connectivity index (χ2v) is 4.92. The number of allylic oxidation sites excluding steroid dienone is 2. The van der Waals surface area contributed by atoms with Crippen LogP contribution in [-0.2, 0) is 0 Å². The van der Waals surface area contributed by atoms with Crippen molar-refractivity contribution in [2.45, 2.75) is 13.8 Å². The highest BCUT2D eigenvalue weighted by molar-refractivity contribution is 6.04. The SMILES string of the molecule is CC(C)=CC(=O)c1ccc(/N=N/c2ccc(N)cc2)cc1. The highest BCUT2D eigenvalue weighted by Crippen LogP contribution is 2.20. The number of benzene rings is 2. The van der Waals surface area contributed by atoms with Gasteiger partial charge < -0.3 is 5.73 Å². The lowest BCUT2D eigenvalue weighted by Gasteiger charge is -1.98. The predicted octanol–water partition coefficient (Wildman–Crippen LogP) is 4.83. The van der Waals surface area contributed by atoms with E-state index in [1.54, 1.807) is 54.6 Å². The van der Waals surface area contributed by atoms with Gasteiger partial charge in [-0.15, -0.1) is 0 Å². The van der Waals surface area contributed by atoms with Crippen LogP contribution in [0.25, 0.3) is 0 Å². The smallest absolute Gasteiger partial charge is 0.185 e. The third kappa shape index (κ3) is 4.38. The lowest BCUT2D eigenvalue weighted by Crippen LogP contribution is -1.93. The van der Waals surface area contributed by atoms with E-state index in [1.807, 2.05) is 13.8 Å². The fraction of sp³-hybridized carbons (Fsp3) is 0.118. The van der Waals surface area contributed by atoms with E-state index in [0.717, 1.165) is 11.3 Å². The molecule has 0 radical (unpaired) electrons. The molecule has 106 valence electrons. The number of rotatable bonds is 4. The number of nitrogens with two attached hydrogens (primary N) is 1. The summed E-state index contributed by atoms with van der Waals surface area (Å²) in [7, 11) is 0. The minimum Gasteiger partial charge on any atom is -0.399 e. The molecule has 2 aromatic carbocycles. The van der Waals surface area contributed by atoms with E-state index in [9.17, 15) is 4.79 Å². The summed E-state index contributed by atoms with van der Waals surface area (Å²) in [6.07, 6.45) is 1.62. The molecule has 0 heterocycles. The Morgan fingerprint density at radius 1 is 0.905 bits per heavy atom. The second kappa shape index (κ2) is 6.61. The number of azo groups is 1. The zero-order chi connectivity index (χ0) is 15.2. The normalized spacial score (nSPS) is 10.6. The molecule has 2 aromatic rings. The van der Waals surface area contributed by atoms with Crippen LogP contribution in [0.2, 0.25) is 0 Å². The number of carbonyl (C=O) groups excluding carboxylic acids is 1.